The van der Waals surface area contributed by atoms with Crippen LogP contribution in [0.4, 0.5) is 4.39 Å². The Labute approximate surface area is 145 Å². The summed E-state index contributed by atoms with van der Waals surface area (Å²) in [7, 11) is 0. The summed E-state index contributed by atoms with van der Waals surface area (Å²) < 4.78 is 14.7. The van der Waals surface area contributed by atoms with Crippen LogP contribution in [0.2, 0.25) is 0 Å². The highest BCUT2D eigenvalue weighted by molar-refractivity contribution is 5.96. The molecule has 0 bridgehead atoms. The molecule has 0 aliphatic heterocycles. The molecule has 4 rings (SSSR count). The van der Waals surface area contributed by atoms with Crippen LogP contribution in [0.1, 0.15) is 42.5 Å². The summed E-state index contributed by atoms with van der Waals surface area (Å²) in [6.07, 6.45) is 8.98. The quantitative estimate of drug-likeness (QED) is 0.743. The van der Waals surface area contributed by atoms with E-state index in [2.05, 4.69) is 15.3 Å². The Hall–Kier alpha value is -2.69. The third kappa shape index (κ3) is 3.14. The number of nitrogens with one attached hydrogen (secondary N) is 2. The maximum atomic E-state index is 14.7. The van der Waals surface area contributed by atoms with Crippen molar-refractivity contribution >= 4 is 16.8 Å². The molecule has 0 spiro atoms. The van der Waals surface area contributed by atoms with Crippen LogP contribution in [0.5, 0.6) is 0 Å². The molecule has 0 radical (unpaired) electrons. The van der Waals surface area contributed by atoms with Gasteiger partial charge >= 0.3 is 0 Å². The van der Waals surface area contributed by atoms with Crippen molar-refractivity contribution < 1.29 is 9.18 Å². The predicted molar refractivity (Wildman–Crippen MR) is 95.8 cm³/mol. The van der Waals surface area contributed by atoms with E-state index in [0.29, 0.717) is 16.8 Å². The number of pyridine rings is 1. The minimum Gasteiger partial charge on any atom is -0.361 e. The van der Waals surface area contributed by atoms with Crippen molar-refractivity contribution in [1.29, 1.82) is 0 Å². The number of benzene rings is 1. The maximum absolute atomic E-state index is 14.7. The molecule has 2 heterocycles. The van der Waals surface area contributed by atoms with Gasteiger partial charge in [-0.2, -0.15) is 0 Å². The second kappa shape index (κ2) is 6.67. The molecule has 5 heteroatoms. The number of carbonyl (C=O) groups is 1. The molecule has 1 fully saturated rings. The van der Waals surface area contributed by atoms with Gasteiger partial charge in [-0.3, -0.25) is 9.78 Å². The largest absolute Gasteiger partial charge is 0.361 e. The highest BCUT2D eigenvalue weighted by atomic mass is 19.1. The number of fused-ring (bicyclic) bond motifs is 1. The molecule has 3 aromatic rings. The fraction of sp³-hybridized carbons (Fsp3) is 0.300. The lowest BCUT2D eigenvalue weighted by atomic mass is 9.95. The van der Waals surface area contributed by atoms with Crippen molar-refractivity contribution in [1.82, 2.24) is 15.3 Å². The lowest BCUT2D eigenvalue weighted by Crippen LogP contribution is -2.36. The van der Waals surface area contributed by atoms with Crippen molar-refractivity contribution in [2.75, 3.05) is 0 Å². The van der Waals surface area contributed by atoms with Gasteiger partial charge in [-0.05, 0) is 43.2 Å². The van der Waals surface area contributed by atoms with Gasteiger partial charge in [0.05, 0.1) is 5.69 Å². The number of aromatic amines is 1. The lowest BCUT2D eigenvalue weighted by molar-refractivity contribution is 0.0927. The van der Waals surface area contributed by atoms with E-state index in [1.54, 1.807) is 24.5 Å². The molecular formula is C20H20FN3O. The van der Waals surface area contributed by atoms with E-state index >= 15 is 0 Å². The first-order chi connectivity index (χ1) is 12.2. The van der Waals surface area contributed by atoms with Crippen molar-refractivity contribution in [2.24, 2.45) is 0 Å². The lowest BCUT2D eigenvalue weighted by Gasteiger charge is -2.22. The summed E-state index contributed by atoms with van der Waals surface area (Å²) in [5.74, 6) is -0.636. The molecule has 0 unspecified atom stereocenters. The molecule has 25 heavy (non-hydrogen) atoms. The standard InChI is InChI=1S/C20H20FN3O/c21-17-12-13(20(25)24-14-4-2-1-3-5-14)6-7-15(17)19-16-8-10-22-18(16)9-11-23-19/h6-12,14,22H,1-5H2,(H,24,25). The minimum atomic E-state index is -0.433. The molecule has 1 aliphatic carbocycles. The zero-order valence-electron chi connectivity index (χ0n) is 13.9. The van der Waals surface area contributed by atoms with Crippen molar-refractivity contribution in [2.45, 2.75) is 38.1 Å². The number of rotatable bonds is 3. The van der Waals surface area contributed by atoms with Crippen LogP contribution in [0.3, 0.4) is 0 Å². The normalized spacial score (nSPS) is 15.4. The second-order valence-electron chi connectivity index (χ2n) is 6.60. The van der Waals surface area contributed by atoms with E-state index in [1.807, 2.05) is 12.1 Å². The molecule has 1 saturated carbocycles. The average Bonchev–Trinajstić information content (AvgIpc) is 3.11. The number of halogens is 1. The van der Waals surface area contributed by atoms with Gasteiger partial charge in [0.25, 0.3) is 5.91 Å². The van der Waals surface area contributed by atoms with Gasteiger partial charge in [0, 0.05) is 40.5 Å². The fourth-order valence-corrected chi connectivity index (χ4v) is 3.56. The first kappa shape index (κ1) is 15.8. The summed E-state index contributed by atoms with van der Waals surface area (Å²) in [4.78, 5) is 19.8. The number of nitrogens with zero attached hydrogens (tertiary/aromatic N) is 1. The summed E-state index contributed by atoms with van der Waals surface area (Å²) in [6, 6.07) is 8.55. The Balaban J connectivity index is 1.60. The van der Waals surface area contributed by atoms with Crippen molar-refractivity contribution in [3.63, 3.8) is 0 Å². The highest BCUT2D eigenvalue weighted by Gasteiger charge is 2.18. The Morgan fingerprint density at radius 1 is 1.16 bits per heavy atom. The zero-order chi connectivity index (χ0) is 17.2. The van der Waals surface area contributed by atoms with Gasteiger partial charge in [0.15, 0.2) is 0 Å². The number of H-pyrrole nitrogens is 1. The Morgan fingerprint density at radius 2 is 2.00 bits per heavy atom. The summed E-state index contributed by atoms with van der Waals surface area (Å²) >= 11 is 0. The van der Waals surface area contributed by atoms with Gasteiger partial charge in [-0.1, -0.05) is 19.3 Å². The minimum absolute atomic E-state index is 0.204. The molecule has 0 atom stereocenters. The van der Waals surface area contributed by atoms with Crippen LogP contribution in [-0.4, -0.2) is 21.9 Å². The predicted octanol–water partition coefficient (Wildman–Crippen LogP) is 4.43. The molecule has 128 valence electrons. The maximum Gasteiger partial charge on any atom is 0.251 e. The van der Waals surface area contributed by atoms with Gasteiger partial charge in [0.2, 0.25) is 0 Å². The molecule has 2 aromatic heterocycles. The summed E-state index contributed by atoms with van der Waals surface area (Å²) in [6.45, 7) is 0. The van der Waals surface area contributed by atoms with E-state index in [1.165, 1.54) is 12.5 Å². The molecular weight excluding hydrogens is 317 g/mol. The summed E-state index contributed by atoms with van der Waals surface area (Å²) in [5.41, 5.74) is 2.24. The molecule has 1 amide bonds. The van der Waals surface area contributed by atoms with Gasteiger partial charge in [0.1, 0.15) is 5.82 Å². The fourth-order valence-electron chi connectivity index (χ4n) is 3.56. The molecule has 2 N–H and O–H groups in total. The Kier molecular flexibility index (Phi) is 4.22. The number of hydrogen-bond donors (Lipinski definition) is 2. The topological polar surface area (TPSA) is 57.8 Å². The third-order valence-corrected chi connectivity index (χ3v) is 4.91. The third-order valence-electron chi connectivity index (χ3n) is 4.91. The van der Waals surface area contributed by atoms with Crippen LogP contribution in [0, 0.1) is 5.82 Å². The number of carbonyl (C=O) groups excluding carboxylic acids is 1. The summed E-state index contributed by atoms with van der Waals surface area (Å²) in [5, 5.41) is 3.88. The smallest absolute Gasteiger partial charge is 0.251 e. The first-order valence-corrected chi connectivity index (χ1v) is 8.75. The second-order valence-corrected chi connectivity index (χ2v) is 6.60. The van der Waals surface area contributed by atoms with E-state index in [4.69, 9.17) is 0 Å². The Morgan fingerprint density at radius 3 is 2.80 bits per heavy atom. The number of hydrogen-bond acceptors (Lipinski definition) is 2. The van der Waals surface area contributed by atoms with Crippen LogP contribution in [0.15, 0.2) is 42.7 Å². The number of amides is 1. The first-order valence-electron chi connectivity index (χ1n) is 8.75. The van der Waals surface area contributed by atoms with E-state index < -0.39 is 5.82 Å². The zero-order valence-corrected chi connectivity index (χ0v) is 13.9. The van der Waals surface area contributed by atoms with E-state index in [0.717, 1.165) is 36.6 Å². The molecule has 1 aliphatic rings. The molecule has 0 saturated heterocycles. The molecule has 4 nitrogen and oxygen atoms in total. The SMILES string of the molecule is O=C(NC1CCCCC1)c1ccc(-c2nccc3[nH]ccc23)c(F)c1. The van der Waals surface area contributed by atoms with Gasteiger partial charge in [-0.15, -0.1) is 0 Å². The van der Waals surface area contributed by atoms with Crippen LogP contribution < -0.4 is 5.32 Å². The highest BCUT2D eigenvalue weighted by Crippen LogP contribution is 2.28. The molecule has 1 aromatic carbocycles. The van der Waals surface area contributed by atoms with E-state index in [9.17, 15) is 9.18 Å². The van der Waals surface area contributed by atoms with Crippen molar-refractivity contribution in [3.8, 4) is 11.3 Å². The monoisotopic (exact) mass is 337 g/mol. The van der Waals surface area contributed by atoms with Crippen molar-refractivity contribution in [3.05, 3.63) is 54.1 Å². The van der Waals surface area contributed by atoms with Crippen LogP contribution in [-0.2, 0) is 0 Å². The average molecular weight is 337 g/mol. The van der Waals surface area contributed by atoms with Gasteiger partial charge in [-0.25, -0.2) is 4.39 Å². The van der Waals surface area contributed by atoms with Crippen LogP contribution >= 0.6 is 0 Å². The van der Waals surface area contributed by atoms with Gasteiger partial charge < -0.3 is 10.3 Å². The van der Waals surface area contributed by atoms with Crippen LogP contribution in [0.25, 0.3) is 22.2 Å². The van der Waals surface area contributed by atoms with E-state index in [-0.39, 0.29) is 11.9 Å². The number of aromatic nitrogens is 2. The Bertz CT molecular complexity index is 912.